The number of nitrogens with zero attached hydrogens (tertiary/aromatic N) is 3. The Balaban J connectivity index is 1.91. The Morgan fingerprint density at radius 3 is 2.75 bits per heavy atom. The Labute approximate surface area is 166 Å². The van der Waals surface area contributed by atoms with Crippen molar-refractivity contribution in [3.63, 3.8) is 0 Å². The van der Waals surface area contributed by atoms with Crippen LogP contribution in [-0.4, -0.2) is 52.6 Å². The van der Waals surface area contributed by atoms with E-state index < -0.39 is 0 Å². The first kappa shape index (κ1) is 21.5. The third-order valence-electron chi connectivity index (χ3n) is 4.34. The Bertz CT molecular complexity index is 759. The molecule has 0 unspecified atom stereocenters. The fourth-order valence-corrected chi connectivity index (χ4v) is 2.78. The molecule has 0 atom stereocenters. The van der Waals surface area contributed by atoms with Gasteiger partial charge in [0.15, 0.2) is 6.61 Å². The number of aromatic nitrogens is 2. The first-order chi connectivity index (χ1) is 13.5. The summed E-state index contributed by atoms with van der Waals surface area (Å²) < 4.78 is 12.7. The van der Waals surface area contributed by atoms with Gasteiger partial charge in [-0.1, -0.05) is 12.1 Å². The van der Waals surface area contributed by atoms with Gasteiger partial charge in [0.1, 0.15) is 5.75 Å². The summed E-state index contributed by atoms with van der Waals surface area (Å²) in [5.41, 5.74) is 2.06. The average molecular weight is 387 g/mol. The van der Waals surface area contributed by atoms with Crippen LogP contribution < -0.4 is 4.74 Å². The molecule has 0 saturated carbocycles. The molecule has 0 spiro atoms. The Morgan fingerprint density at radius 1 is 1.21 bits per heavy atom. The molecule has 2 aromatic rings. The summed E-state index contributed by atoms with van der Waals surface area (Å²) in [4.78, 5) is 30.1. The standard InChI is InChI=1S/C21H29N3O4/c1-4-27-21(26)8-12-24(11-5-10-23-13-9-22-16-23)20(25)15-28-19-14-17(2)6-7-18(19)3/h6-7,9,13-14,16H,4-5,8,10-12,15H2,1-3H3. The van der Waals surface area contributed by atoms with E-state index in [0.29, 0.717) is 25.4 Å². The Kier molecular flexibility index (Phi) is 8.52. The van der Waals surface area contributed by atoms with Gasteiger partial charge in [-0.05, 0) is 44.4 Å². The van der Waals surface area contributed by atoms with Crippen molar-refractivity contribution in [2.24, 2.45) is 0 Å². The molecule has 1 aromatic carbocycles. The maximum absolute atomic E-state index is 12.7. The van der Waals surface area contributed by atoms with Gasteiger partial charge in [-0.15, -0.1) is 0 Å². The van der Waals surface area contributed by atoms with Gasteiger partial charge in [-0.3, -0.25) is 9.59 Å². The van der Waals surface area contributed by atoms with E-state index in [2.05, 4.69) is 4.98 Å². The van der Waals surface area contributed by atoms with E-state index in [1.165, 1.54) is 0 Å². The number of aryl methyl sites for hydroxylation is 3. The zero-order valence-electron chi connectivity index (χ0n) is 16.9. The van der Waals surface area contributed by atoms with Crippen molar-refractivity contribution in [2.75, 3.05) is 26.3 Å². The monoisotopic (exact) mass is 387 g/mol. The van der Waals surface area contributed by atoms with E-state index in [0.717, 1.165) is 24.1 Å². The van der Waals surface area contributed by atoms with Crippen molar-refractivity contribution >= 4 is 11.9 Å². The molecule has 152 valence electrons. The normalized spacial score (nSPS) is 10.5. The zero-order valence-corrected chi connectivity index (χ0v) is 16.9. The third kappa shape index (κ3) is 7.06. The average Bonchev–Trinajstić information content (AvgIpc) is 3.18. The smallest absolute Gasteiger partial charge is 0.307 e. The zero-order chi connectivity index (χ0) is 20.4. The lowest BCUT2D eigenvalue weighted by atomic mass is 10.1. The van der Waals surface area contributed by atoms with Crippen LogP contribution in [0.3, 0.4) is 0 Å². The minimum Gasteiger partial charge on any atom is -0.483 e. The maximum Gasteiger partial charge on any atom is 0.307 e. The number of rotatable bonds is 11. The molecule has 0 aliphatic heterocycles. The molecule has 7 heteroatoms. The van der Waals surface area contributed by atoms with Gasteiger partial charge in [0, 0.05) is 32.0 Å². The van der Waals surface area contributed by atoms with Gasteiger partial charge >= 0.3 is 5.97 Å². The second-order valence-electron chi connectivity index (χ2n) is 6.65. The summed E-state index contributed by atoms with van der Waals surface area (Å²) in [7, 11) is 0. The summed E-state index contributed by atoms with van der Waals surface area (Å²) in [5.74, 6) is 0.262. The van der Waals surface area contributed by atoms with Crippen LogP contribution in [0.25, 0.3) is 0 Å². The van der Waals surface area contributed by atoms with Gasteiger partial charge in [-0.2, -0.15) is 0 Å². The molecule has 1 heterocycles. The fraction of sp³-hybridized carbons (Fsp3) is 0.476. The third-order valence-corrected chi connectivity index (χ3v) is 4.34. The quantitative estimate of drug-likeness (QED) is 0.554. The number of imidazole rings is 1. The van der Waals surface area contributed by atoms with Crippen molar-refractivity contribution in [1.82, 2.24) is 14.5 Å². The summed E-state index contributed by atoms with van der Waals surface area (Å²) in [5, 5.41) is 0. The lowest BCUT2D eigenvalue weighted by Crippen LogP contribution is -2.37. The minimum atomic E-state index is -0.301. The second-order valence-corrected chi connectivity index (χ2v) is 6.65. The summed E-state index contributed by atoms with van der Waals surface area (Å²) in [6.07, 6.45) is 6.28. The summed E-state index contributed by atoms with van der Waals surface area (Å²) in [6, 6.07) is 5.90. The van der Waals surface area contributed by atoms with E-state index in [9.17, 15) is 9.59 Å². The van der Waals surface area contributed by atoms with E-state index in [1.54, 1.807) is 24.3 Å². The highest BCUT2D eigenvalue weighted by molar-refractivity contribution is 5.78. The van der Waals surface area contributed by atoms with E-state index in [1.807, 2.05) is 42.8 Å². The molecule has 0 saturated heterocycles. The van der Waals surface area contributed by atoms with Gasteiger partial charge in [0.25, 0.3) is 5.91 Å². The van der Waals surface area contributed by atoms with Crippen LogP contribution in [0.1, 0.15) is 30.9 Å². The highest BCUT2D eigenvalue weighted by Crippen LogP contribution is 2.19. The number of hydrogen-bond donors (Lipinski definition) is 0. The molecule has 0 fully saturated rings. The van der Waals surface area contributed by atoms with Crippen LogP contribution in [0.4, 0.5) is 0 Å². The largest absolute Gasteiger partial charge is 0.483 e. The molecule has 0 radical (unpaired) electrons. The number of hydrogen-bond acceptors (Lipinski definition) is 5. The highest BCUT2D eigenvalue weighted by atomic mass is 16.5. The van der Waals surface area contributed by atoms with Crippen LogP contribution in [0.2, 0.25) is 0 Å². The van der Waals surface area contributed by atoms with Crippen molar-refractivity contribution in [1.29, 1.82) is 0 Å². The van der Waals surface area contributed by atoms with Crippen LogP contribution in [0.5, 0.6) is 5.75 Å². The second kappa shape index (κ2) is 11.1. The van der Waals surface area contributed by atoms with Crippen LogP contribution in [-0.2, 0) is 20.9 Å². The molecular weight excluding hydrogens is 358 g/mol. The number of amides is 1. The van der Waals surface area contributed by atoms with E-state index in [-0.39, 0.29) is 24.9 Å². The molecule has 7 nitrogen and oxygen atoms in total. The maximum atomic E-state index is 12.7. The minimum absolute atomic E-state index is 0.0573. The first-order valence-electron chi connectivity index (χ1n) is 9.58. The molecular formula is C21H29N3O4. The molecule has 1 aromatic heterocycles. The number of carbonyl (C=O) groups is 2. The molecule has 0 aliphatic rings. The number of benzene rings is 1. The predicted molar refractivity (Wildman–Crippen MR) is 106 cm³/mol. The van der Waals surface area contributed by atoms with Gasteiger partial charge in [-0.25, -0.2) is 4.98 Å². The molecule has 0 bridgehead atoms. The molecule has 0 N–H and O–H groups in total. The van der Waals surface area contributed by atoms with Gasteiger partial charge < -0.3 is 18.9 Å². The molecule has 2 rings (SSSR count). The lowest BCUT2D eigenvalue weighted by molar-refractivity contribution is -0.144. The van der Waals surface area contributed by atoms with Gasteiger partial charge in [0.2, 0.25) is 0 Å². The molecule has 28 heavy (non-hydrogen) atoms. The van der Waals surface area contributed by atoms with Crippen molar-refractivity contribution in [3.05, 3.63) is 48.0 Å². The Morgan fingerprint density at radius 2 is 2.04 bits per heavy atom. The molecule has 1 amide bonds. The first-order valence-corrected chi connectivity index (χ1v) is 9.58. The Hall–Kier alpha value is -2.83. The predicted octanol–water partition coefficient (Wildman–Crippen LogP) is 2.75. The highest BCUT2D eigenvalue weighted by Gasteiger charge is 2.16. The SMILES string of the molecule is CCOC(=O)CCN(CCCn1ccnc1)C(=O)COc1cc(C)ccc1C. The van der Waals surface area contributed by atoms with Gasteiger partial charge in [0.05, 0.1) is 19.4 Å². The van der Waals surface area contributed by atoms with Crippen molar-refractivity contribution in [2.45, 2.75) is 40.2 Å². The lowest BCUT2D eigenvalue weighted by Gasteiger charge is -2.23. The van der Waals surface area contributed by atoms with Crippen LogP contribution in [0.15, 0.2) is 36.9 Å². The molecule has 0 aliphatic carbocycles. The number of carbonyl (C=O) groups excluding carboxylic acids is 2. The van der Waals surface area contributed by atoms with Crippen molar-refractivity contribution in [3.8, 4) is 5.75 Å². The number of ether oxygens (including phenoxy) is 2. The van der Waals surface area contributed by atoms with Crippen LogP contribution in [0, 0.1) is 13.8 Å². The topological polar surface area (TPSA) is 73.7 Å². The number of esters is 1. The van der Waals surface area contributed by atoms with E-state index in [4.69, 9.17) is 9.47 Å². The van der Waals surface area contributed by atoms with Crippen LogP contribution >= 0.6 is 0 Å². The summed E-state index contributed by atoms with van der Waals surface area (Å²) >= 11 is 0. The summed E-state index contributed by atoms with van der Waals surface area (Å²) in [6.45, 7) is 7.58. The fourth-order valence-electron chi connectivity index (χ4n) is 2.78. The van der Waals surface area contributed by atoms with E-state index >= 15 is 0 Å². The van der Waals surface area contributed by atoms with Crippen molar-refractivity contribution < 1.29 is 19.1 Å².